The third-order valence-electron chi connectivity index (χ3n) is 3.89. The maximum absolute atomic E-state index is 11.8. The number of sulfone groups is 1. The highest BCUT2D eigenvalue weighted by molar-refractivity contribution is 7.91. The number of carbonyl (C=O) groups is 1. The first-order chi connectivity index (χ1) is 8.46. The molecule has 2 rings (SSSR count). The number of hydrogen-bond acceptors (Lipinski definition) is 3. The van der Waals surface area contributed by atoms with Crippen molar-refractivity contribution in [3.05, 3.63) is 0 Å². The fraction of sp³-hybridized carbons (Fsp3) is 0.917. The van der Waals surface area contributed by atoms with Gasteiger partial charge in [0.25, 0.3) is 0 Å². The van der Waals surface area contributed by atoms with Crippen LogP contribution >= 0.6 is 11.6 Å². The molecule has 2 fully saturated rings. The van der Waals surface area contributed by atoms with Crippen molar-refractivity contribution >= 4 is 27.3 Å². The lowest BCUT2D eigenvalue weighted by atomic mass is 9.89. The normalized spacial score (nSPS) is 35.3. The predicted molar refractivity (Wildman–Crippen MR) is 71.4 cm³/mol. The molecule has 0 aromatic rings. The summed E-state index contributed by atoms with van der Waals surface area (Å²) < 4.78 is 22.6. The molecule has 104 valence electrons. The summed E-state index contributed by atoms with van der Waals surface area (Å²) in [4.78, 5) is 11.8. The van der Waals surface area contributed by atoms with E-state index in [1.807, 2.05) is 0 Å². The molecule has 4 nitrogen and oxygen atoms in total. The fourth-order valence-electron chi connectivity index (χ4n) is 2.80. The summed E-state index contributed by atoms with van der Waals surface area (Å²) in [6.07, 6.45) is 4.70. The third kappa shape index (κ3) is 3.85. The van der Waals surface area contributed by atoms with Crippen LogP contribution in [-0.4, -0.2) is 37.8 Å². The van der Waals surface area contributed by atoms with E-state index in [1.54, 1.807) is 0 Å². The van der Waals surface area contributed by atoms with Gasteiger partial charge in [0, 0.05) is 11.9 Å². The molecule has 1 aliphatic heterocycles. The predicted octanol–water partition coefficient (Wildman–Crippen LogP) is 1.33. The average molecular weight is 294 g/mol. The van der Waals surface area contributed by atoms with Gasteiger partial charge in [-0.3, -0.25) is 4.79 Å². The summed E-state index contributed by atoms with van der Waals surface area (Å²) in [5.41, 5.74) is 0. The molecular weight excluding hydrogens is 274 g/mol. The van der Waals surface area contributed by atoms with E-state index in [9.17, 15) is 13.2 Å². The van der Waals surface area contributed by atoms with Gasteiger partial charge < -0.3 is 5.32 Å². The van der Waals surface area contributed by atoms with Gasteiger partial charge in [0.15, 0.2) is 9.84 Å². The highest BCUT2D eigenvalue weighted by atomic mass is 35.5. The Kier molecular flexibility index (Phi) is 4.54. The number of halogens is 1. The first-order valence-corrected chi connectivity index (χ1v) is 8.84. The minimum Gasteiger partial charge on any atom is -0.356 e. The largest absolute Gasteiger partial charge is 0.356 e. The van der Waals surface area contributed by atoms with E-state index in [0.29, 0.717) is 18.9 Å². The number of alkyl halides is 1. The van der Waals surface area contributed by atoms with Gasteiger partial charge >= 0.3 is 0 Å². The van der Waals surface area contributed by atoms with Crippen molar-refractivity contribution in [3.63, 3.8) is 0 Å². The molecule has 3 unspecified atom stereocenters. The van der Waals surface area contributed by atoms with E-state index in [0.717, 1.165) is 25.7 Å². The van der Waals surface area contributed by atoms with Gasteiger partial charge in [0.1, 0.15) is 0 Å². The van der Waals surface area contributed by atoms with Crippen molar-refractivity contribution in [1.82, 2.24) is 5.32 Å². The number of carbonyl (C=O) groups excluding carboxylic acids is 1. The van der Waals surface area contributed by atoms with Crippen LogP contribution < -0.4 is 5.32 Å². The lowest BCUT2D eigenvalue weighted by Gasteiger charge is -2.25. The van der Waals surface area contributed by atoms with Crippen LogP contribution in [0.1, 0.15) is 32.1 Å². The molecule has 1 heterocycles. The topological polar surface area (TPSA) is 63.2 Å². The van der Waals surface area contributed by atoms with Crippen LogP contribution in [0.4, 0.5) is 0 Å². The number of nitrogens with one attached hydrogen (secondary N) is 1. The van der Waals surface area contributed by atoms with E-state index in [2.05, 4.69) is 5.32 Å². The summed E-state index contributed by atoms with van der Waals surface area (Å²) in [6, 6.07) is 0. The fourth-order valence-corrected chi connectivity index (χ4v) is 4.95. The van der Waals surface area contributed by atoms with E-state index in [-0.39, 0.29) is 28.7 Å². The molecule has 18 heavy (non-hydrogen) atoms. The molecule has 1 saturated carbocycles. The second kappa shape index (κ2) is 5.78. The van der Waals surface area contributed by atoms with Crippen molar-refractivity contribution in [2.24, 2.45) is 11.8 Å². The lowest BCUT2D eigenvalue weighted by molar-refractivity contribution is -0.124. The average Bonchev–Trinajstić information content (AvgIpc) is 2.67. The minimum absolute atomic E-state index is 0.0155. The molecule has 1 aliphatic carbocycles. The van der Waals surface area contributed by atoms with Gasteiger partial charge in [0.05, 0.1) is 17.4 Å². The van der Waals surface area contributed by atoms with Crippen LogP contribution in [0.25, 0.3) is 0 Å². The van der Waals surface area contributed by atoms with E-state index < -0.39 is 9.84 Å². The Labute approximate surface area is 113 Å². The summed E-state index contributed by atoms with van der Waals surface area (Å²) in [7, 11) is -2.97. The van der Waals surface area contributed by atoms with Crippen molar-refractivity contribution in [2.45, 2.75) is 37.5 Å². The van der Waals surface area contributed by atoms with Gasteiger partial charge in [-0.05, 0) is 31.6 Å². The van der Waals surface area contributed by atoms with Crippen LogP contribution in [-0.2, 0) is 14.6 Å². The minimum atomic E-state index is -2.97. The van der Waals surface area contributed by atoms with E-state index in [1.165, 1.54) is 0 Å². The van der Waals surface area contributed by atoms with Crippen molar-refractivity contribution in [2.75, 3.05) is 18.1 Å². The molecule has 1 saturated heterocycles. The van der Waals surface area contributed by atoms with E-state index >= 15 is 0 Å². The quantitative estimate of drug-likeness (QED) is 0.799. The summed E-state index contributed by atoms with van der Waals surface area (Å²) >= 11 is 6.10. The molecule has 0 bridgehead atoms. The van der Waals surface area contributed by atoms with Crippen molar-refractivity contribution < 1.29 is 13.2 Å². The second-order valence-electron chi connectivity index (χ2n) is 5.48. The standard InChI is InChI=1S/C12H20ClNO3S/c13-11-3-1-2-9(6-11)7-14-12(15)10-4-5-18(16,17)8-10/h9-11H,1-8H2,(H,14,15). The van der Waals surface area contributed by atoms with Crippen LogP contribution in [0, 0.1) is 11.8 Å². The molecule has 0 aromatic heterocycles. The Balaban J connectivity index is 1.75. The van der Waals surface area contributed by atoms with Gasteiger partial charge in [0.2, 0.25) is 5.91 Å². The zero-order chi connectivity index (χ0) is 13.2. The van der Waals surface area contributed by atoms with Crippen LogP contribution in [0.15, 0.2) is 0 Å². The first-order valence-electron chi connectivity index (χ1n) is 6.58. The molecule has 1 N–H and O–H groups in total. The van der Waals surface area contributed by atoms with E-state index in [4.69, 9.17) is 11.6 Å². The second-order valence-corrected chi connectivity index (χ2v) is 8.32. The monoisotopic (exact) mass is 293 g/mol. The molecule has 3 atom stereocenters. The maximum Gasteiger partial charge on any atom is 0.224 e. The Hall–Kier alpha value is -0.290. The van der Waals surface area contributed by atoms with Crippen molar-refractivity contribution in [3.8, 4) is 0 Å². The molecule has 6 heteroatoms. The number of rotatable bonds is 3. The zero-order valence-corrected chi connectivity index (χ0v) is 12.0. The molecular formula is C12H20ClNO3S. The Morgan fingerprint density at radius 3 is 2.67 bits per heavy atom. The molecule has 0 radical (unpaired) electrons. The lowest BCUT2D eigenvalue weighted by Crippen LogP contribution is -2.36. The highest BCUT2D eigenvalue weighted by Crippen LogP contribution is 2.27. The van der Waals surface area contributed by atoms with Gasteiger partial charge in [-0.1, -0.05) is 6.42 Å². The number of amides is 1. The molecule has 2 aliphatic rings. The SMILES string of the molecule is O=C(NCC1CCCC(Cl)C1)C1CCS(=O)(=O)C1. The summed E-state index contributed by atoms with van der Waals surface area (Å²) in [6.45, 7) is 0.638. The molecule has 1 amide bonds. The van der Waals surface area contributed by atoms with Crippen LogP contribution in [0.3, 0.4) is 0 Å². The first kappa shape index (κ1) is 14.1. The van der Waals surface area contributed by atoms with Crippen LogP contribution in [0.5, 0.6) is 0 Å². The van der Waals surface area contributed by atoms with Crippen molar-refractivity contribution in [1.29, 1.82) is 0 Å². The van der Waals surface area contributed by atoms with Crippen LogP contribution in [0.2, 0.25) is 0 Å². The van der Waals surface area contributed by atoms with Gasteiger partial charge in [-0.15, -0.1) is 11.6 Å². The highest BCUT2D eigenvalue weighted by Gasteiger charge is 2.33. The smallest absolute Gasteiger partial charge is 0.224 e. The maximum atomic E-state index is 11.8. The van der Waals surface area contributed by atoms with Gasteiger partial charge in [-0.2, -0.15) is 0 Å². The third-order valence-corrected chi connectivity index (χ3v) is 6.05. The van der Waals surface area contributed by atoms with Gasteiger partial charge in [-0.25, -0.2) is 8.42 Å². The summed E-state index contributed by atoms with van der Waals surface area (Å²) in [5, 5.41) is 3.12. The Bertz CT molecular complexity index is 410. The zero-order valence-electron chi connectivity index (χ0n) is 10.4. The number of hydrogen-bond donors (Lipinski definition) is 1. The Morgan fingerprint density at radius 2 is 2.06 bits per heavy atom. The molecule has 0 spiro atoms. The summed E-state index contributed by atoms with van der Waals surface area (Å²) in [5.74, 6) is 0.168. The Morgan fingerprint density at radius 1 is 1.28 bits per heavy atom. The molecule has 0 aromatic carbocycles.